The standard InChI is InChI=1S/C17H17NOS/c20-16(18-15-9-5-2-6-10-15)19-13-17(11-12-17)14-7-3-1-4-8-14/h1-10H,11-13H2,(H,18,20). The lowest BCUT2D eigenvalue weighted by molar-refractivity contribution is 0.272. The third kappa shape index (κ3) is 2.99. The first-order valence-corrected chi connectivity index (χ1v) is 7.24. The van der Waals surface area contributed by atoms with Gasteiger partial charge in [-0.2, -0.15) is 0 Å². The topological polar surface area (TPSA) is 21.3 Å². The quantitative estimate of drug-likeness (QED) is 0.852. The highest BCUT2D eigenvalue weighted by Crippen LogP contribution is 2.48. The van der Waals surface area contributed by atoms with Gasteiger partial charge in [-0.15, -0.1) is 0 Å². The van der Waals surface area contributed by atoms with Crippen LogP contribution >= 0.6 is 12.2 Å². The molecule has 0 bridgehead atoms. The smallest absolute Gasteiger partial charge is 0.261 e. The Kier molecular flexibility index (Phi) is 3.70. The molecule has 102 valence electrons. The normalized spacial score (nSPS) is 15.4. The Balaban J connectivity index is 1.56. The lowest BCUT2D eigenvalue weighted by atomic mass is 9.97. The van der Waals surface area contributed by atoms with Crippen LogP contribution in [0.15, 0.2) is 60.7 Å². The van der Waals surface area contributed by atoms with Crippen molar-refractivity contribution < 1.29 is 4.74 Å². The average Bonchev–Trinajstić information content (AvgIpc) is 3.28. The maximum Gasteiger partial charge on any atom is 0.261 e. The van der Waals surface area contributed by atoms with E-state index in [0.717, 1.165) is 5.69 Å². The molecule has 1 saturated carbocycles. The van der Waals surface area contributed by atoms with Gasteiger partial charge in [0, 0.05) is 11.1 Å². The van der Waals surface area contributed by atoms with Crippen LogP contribution in [0.2, 0.25) is 0 Å². The third-order valence-electron chi connectivity index (χ3n) is 3.74. The third-order valence-corrected chi connectivity index (χ3v) is 3.96. The molecular weight excluding hydrogens is 266 g/mol. The van der Waals surface area contributed by atoms with Crippen LogP contribution in [0.3, 0.4) is 0 Å². The summed E-state index contributed by atoms with van der Waals surface area (Å²) in [6.45, 7) is 0.648. The maximum absolute atomic E-state index is 5.75. The van der Waals surface area contributed by atoms with Gasteiger partial charge in [-0.3, -0.25) is 0 Å². The highest BCUT2D eigenvalue weighted by atomic mass is 32.1. The second-order valence-electron chi connectivity index (χ2n) is 5.21. The summed E-state index contributed by atoms with van der Waals surface area (Å²) in [7, 11) is 0. The lowest BCUT2D eigenvalue weighted by Crippen LogP contribution is -2.21. The van der Waals surface area contributed by atoms with Crippen LogP contribution < -0.4 is 5.32 Å². The van der Waals surface area contributed by atoms with E-state index in [1.54, 1.807) is 0 Å². The fraction of sp³-hybridized carbons (Fsp3) is 0.235. The van der Waals surface area contributed by atoms with E-state index in [0.29, 0.717) is 11.8 Å². The fourth-order valence-corrected chi connectivity index (χ4v) is 2.51. The highest BCUT2D eigenvalue weighted by Gasteiger charge is 2.45. The molecule has 1 aliphatic rings. The van der Waals surface area contributed by atoms with Crippen molar-refractivity contribution in [3.05, 3.63) is 66.2 Å². The summed E-state index contributed by atoms with van der Waals surface area (Å²) >= 11 is 5.25. The molecule has 0 aromatic heterocycles. The molecule has 0 aliphatic heterocycles. The SMILES string of the molecule is S=C(Nc1ccccc1)OCC1(c2ccccc2)CC1. The molecule has 0 amide bonds. The number of anilines is 1. The van der Waals surface area contributed by atoms with Gasteiger partial charge in [-0.25, -0.2) is 0 Å². The van der Waals surface area contributed by atoms with Gasteiger partial charge in [0.1, 0.15) is 6.61 Å². The Labute approximate surface area is 124 Å². The van der Waals surface area contributed by atoms with Crippen molar-refractivity contribution in [3.8, 4) is 0 Å². The van der Waals surface area contributed by atoms with Crippen molar-refractivity contribution in [1.29, 1.82) is 0 Å². The monoisotopic (exact) mass is 283 g/mol. The molecule has 20 heavy (non-hydrogen) atoms. The van der Waals surface area contributed by atoms with Crippen molar-refractivity contribution in [2.75, 3.05) is 11.9 Å². The largest absolute Gasteiger partial charge is 0.470 e. The number of rotatable bonds is 4. The number of hydrogen-bond acceptors (Lipinski definition) is 2. The average molecular weight is 283 g/mol. The molecule has 2 aromatic rings. The van der Waals surface area contributed by atoms with Crippen LogP contribution in [0.4, 0.5) is 5.69 Å². The van der Waals surface area contributed by atoms with Gasteiger partial charge in [0.05, 0.1) is 0 Å². The number of hydrogen-bond donors (Lipinski definition) is 1. The molecule has 0 heterocycles. The Morgan fingerprint density at radius 3 is 2.20 bits per heavy atom. The summed E-state index contributed by atoms with van der Waals surface area (Å²) in [4.78, 5) is 0. The molecule has 0 spiro atoms. The van der Waals surface area contributed by atoms with E-state index in [9.17, 15) is 0 Å². The van der Waals surface area contributed by atoms with Gasteiger partial charge in [-0.1, -0.05) is 48.5 Å². The molecule has 1 fully saturated rings. The van der Waals surface area contributed by atoms with Gasteiger partial charge < -0.3 is 10.1 Å². The molecule has 0 unspecified atom stereocenters. The van der Waals surface area contributed by atoms with Crippen LogP contribution in [0.5, 0.6) is 0 Å². The Bertz CT molecular complexity index is 578. The van der Waals surface area contributed by atoms with Crippen molar-refractivity contribution in [1.82, 2.24) is 0 Å². The number of benzene rings is 2. The lowest BCUT2D eigenvalue weighted by Gasteiger charge is -2.17. The molecule has 0 radical (unpaired) electrons. The molecule has 1 N–H and O–H groups in total. The predicted molar refractivity (Wildman–Crippen MR) is 86.0 cm³/mol. The molecule has 1 aliphatic carbocycles. The Morgan fingerprint density at radius 1 is 1.00 bits per heavy atom. The first-order valence-electron chi connectivity index (χ1n) is 6.83. The van der Waals surface area contributed by atoms with Crippen molar-refractivity contribution in [3.63, 3.8) is 0 Å². The summed E-state index contributed by atoms with van der Waals surface area (Å²) in [6, 6.07) is 20.4. The molecular formula is C17H17NOS. The molecule has 0 saturated heterocycles. The van der Waals surface area contributed by atoms with E-state index in [2.05, 4.69) is 29.6 Å². The summed E-state index contributed by atoms with van der Waals surface area (Å²) in [6.07, 6.45) is 2.34. The predicted octanol–water partition coefficient (Wildman–Crippen LogP) is 4.13. The number of para-hydroxylation sites is 1. The van der Waals surface area contributed by atoms with Crippen LogP contribution in [0.25, 0.3) is 0 Å². The minimum atomic E-state index is 0.170. The first-order chi connectivity index (χ1) is 9.78. The summed E-state index contributed by atoms with van der Waals surface area (Å²) in [5.41, 5.74) is 2.48. The van der Waals surface area contributed by atoms with E-state index in [4.69, 9.17) is 17.0 Å². The summed E-state index contributed by atoms with van der Waals surface area (Å²) in [5, 5.41) is 3.55. The van der Waals surface area contributed by atoms with E-state index in [1.807, 2.05) is 36.4 Å². The van der Waals surface area contributed by atoms with E-state index in [-0.39, 0.29) is 5.41 Å². The highest BCUT2D eigenvalue weighted by molar-refractivity contribution is 7.80. The maximum atomic E-state index is 5.75. The number of ether oxygens (including phenoxy) is 1. The molecule has 0 atom stereocenters. The first kappa shape index (κ1) is 13.1. The van der Waals surface area contributed by atoms with E-state index < -0.39 is 0 Å². The van der Waals surface area contributed by atoms with Crippen molar-refractivity contribution in [2.45, 2.75) is 18.3 Å². The van der Waals surface area contributed by atoms with Gasteiger partial charge in [0.2, 0.25) is 0 Å². The Hall–Kier alpha value is -1.87. The minimum Gasteiger partial charge on any atom is -0.470 e. The summed E-state index contributed by atoms with van der Waals surface area (Å²) < 4.78 is 5.75. The van der Waals surface area contributed by atoms with Crippen molar-refractivity contribution >= 4 is 23.1 Å². The second kappa shape index (κ2) is 5.63. The Morgan fingerprint density at radius 2 is 1.60 bits per heavy atom. The fourth-order valence-electron chi connectivity index (χ4n) is 2.34. The zero-order chi connectivity index (χ0) is 13.8. The molecule has 2 nitrogen and oxygen atoms in total. The van der Waals surface area contributed by atoms with Crippen LogP contribution in [-0.2, 0) is 10.2 Å². The molecule has 3 heteroatoms. The molecule has 2 aromatic carbocycles. The second-order valence-corrected chi connectivity index (χ2v) is 5.58. The zero-order valence-electron chi connectivity index (χ0n) is 11.2. The zero-order valence-corrected chi connectivity index (χ0v) is 12.0. The van der Waals surface area contributed by atoms with Gasteiger partial charge in [0.25, 0.3) is 5.17 Å². The van der Waals surface area contributed by atoms with Gasteiger partial charge in [0.15, 0.2) is 0 Å². The van der Waals surface area contributed by atoms with Crippen LogP contribution in [0.1, 0.15) is 18.4 Å². The van der Waals surface area contributed by atoms with Crippen LogP contribution in [0, 0.1) is 0 Å². The van der Waals surface area contributed by atoms with E-state index >= 15 is 0 Å². The van der Waals surface area contributed by atoms with Gasteiger partial charge in [-0.05, 0) is 42.8 Å². The van der Waals surface area contributed by atoms with Gasteiger partial charge >= 0.3 is 0 Å². The number of thiocarbonyl (C=S) groups is 1. The van der Waals surface area contributed by atoms with Crippen molar-refractivity contribution in [2.24, 2.45) is 0 Å². The summed E-state index contributed by atoms with van der Waals surface area (Å²) in [5.74, 6) is 0. The van der Waals surface area contributed by atoms with E-state index in [1.165, 1.54) is 18.4 Å². The van der Waals surface area contributed by atoms with Crippen LogP contribution in [-0.4, -0.2) is 11.8 Å². The minimum absolute atomic E-state index is 0.170. The molecule has 3 rings (SSSR count). The number of nitrogens with one attached hydrogen (secondary N) is 1.